The minimum atomic E-state index is -1.02. The van der Waals surface area contributed by atoms with E-state index in [4.69, 9.17) is 5.11 Å². The van der Waals surface area contributed by atoms with Gasteiger partial charge in [-0.2, -0.15) is 0 Å². The van der Waals surface area contributed by atoms with E-state index in [1.807, 2.05) is 13.8 Å². The number of hydrogen-bond acceptors (Lipinski definition) is 3. The maximum Gasteiger partial charge on any atom is 0.323 e. The summed E-state index contributed by atoms with van der Waals surface area (Å²) in [7, 11) is 0. The molecule has 0 aliphatic heterocycles. The molecule has 0 spiro atoms. The molecular weight excluding hydrogens is 300 g/mol. The molecule has 1 aromatic heterocycles. The van der Waals surface area contributed by atoms with E-state index < -0.39 is 5.97 Å². The molecule has 1 rings (SSSR count). The highest BCUT2D eigenvalue weighted by Crippen LogP contribution is 2.10. The highest BCUT2D eigenvalue weighted by Gasteiger charge is 2.19. The molecule has 1 aromatic rings. The van der Waals surface area contributed by atoms with Crippen LogP contribution < -0.4 is 0 Å². The molecule has 0 fully saturated rings. The van der Waals surface area contributed by atoms with Crippen LogP contribution in [0, 0.1) is 5.92 Å². The lowest BCUT2D eigenvalue weighted by Gasteiger charge is -2.22. The smallest absolute Gasteiger partial charge is 0.323 e. The van der Waals surface area contributed by atoms with Gasteiger partial charge in [-0.15, -0.1) is 0 Å². The predicted molar refractivity (Wildman–Crippen MR) is 70.3 cm³/mol. The number of carbonyl (C=O) groups excluding carboxylic acids is 1. The van der Waals surface area contributed by atoms with Gasteiger partial charge in [0.05, 0.1) is 5.56 Å². The minimum absolute atomic E-state index is 0.205. The maximum atomic E-state index is 12.1. The average molecular weight is 315 g/mol. The van der Waals surface area contributed by atoms with E-state index in [1.165, 1.54) is 11.1 Å². The first-order valence-corrected chi connectivity index (χ1v) is 6.32. The van der Waals surface area contributed by atoms with Crippen LogP contribution in [0.5, 0.6) is 0 Å². The number of nitrogens with zero attached hydrogens (tertiary/aromatic N) is 2. The van der Waals surface area contributed by atoms with E-state index in [9.17, 15) is 9.59 Å². The van der Waals surface area contributed by atoms with Crippen molar-refractivity contribution in [3.8, 4) is 0 Å². The quantitative estimate of drug-likeness (QED) is 0.844. The third kappa shape index (κ3) is 4.44. The molecule has 0 aromatic carbocycles. The fourth-order valence-corrected chi connectivity index (χ4v) is 1.74. The third-order valence-corrected chi connectivity index (χ3v) is 2.64. The van der Waals surface area contributed by atoms with Gasteiger partial charge in [0.2, 0.25) is 0 Å². The zero-order valence-electron chi connectivity index (χ0n) is 10.3. The first-order valence-electron chi connectivity index (χ1n) is 5.52. The van der Waals surface area contributed by atoms with E-state index in [-0.39, 0.29) is 18.4 Å². The molecule has 18 heavy (non-hydrogen) atoms. The number of rotatable bonds is 5. The van der Waals surface area contributed by atoms with Gasteiger partial charge in [0.15, 0.2) is 0 Å². The Balaban J connectivity index is 2.87. The highest BCUT2D eigenvalue weighted by atomic mass is 79.9. The summed E-state index contributed by atoms with van der Waals surface area (Å²) in [5.74, 6) is -1.13. The Bertz CT molecular complexity index is 431. The second-order valence-corrected chi connectivity index (χ2v) is 5.16. The van der Waals surface area contributed by atoms with E-state index in [0.717, 1.165) is 0 Å². The number of pyridine rings is 1. The lowest BCUT2D eigenvalue weighted by atomic mass is 10.2. The number of amides is 1. The Morgan fingerprint density at radius 1 is 1.44 bits per heavy atom. The van der Waals surface area contributed by atoms with Crippen molar-refractivity contribution in [2.24, 2.45) is 5.92 Å². The van der Waals surface area contributed by atoms with Gasteiger partial charge in [-0.25, -0.2) is 4.98 Å². The van der Waals surface area contributed by atoms with Crippen molar-refractivity contribution in [3.05, 3.63) is 28.5 Å². The number of aliphatic carboxylic acids is 1. The van der Waals surface area contributed by atoms with Crippen LogP contribution in [-0.2, 0) is 4.79 Å². The van der Waals surface area contributed by atoms with Crippen LogP contribution in [0.4, 0.5) is 0 Å². The Kier molecular flexibility index (Phi) is 5.27. The van der Waals surface area contributed by atoms with Crippen LogP contribution in [0.25, 0.3) is 0 Å². The standard InChI is InChI=1S/C12H15BrN2O3/c1-8(2)6-15(7-11(16)17)12(18)9-3-4-10(13)14-5-9/h3-5,8H,6-7H2,1-2H3,(H,16,17). The van der Waals surface area contributed by atoms with Gasteiger partial charge >= 0.3 is 5.97 Å². The lowest BCUT2D eigenvalue weighted by molar-refractivity contribution is -0.137. The minimum Gasteiger partial charge on any atom is -0.480 e. The summed E-state index contributed by atoms with van der Waals surface area (Å²) in [4.78, 5) is 28.2. The molecule has 0 radical (unpaired) electrons. The third-order valence-electron chi connectivity index (χ3n) is 2.17. The Morgan fingerprint density at radius 3 is 2.56 bits per heavy atom. The summed E-state index contributed by atoms with van der Waals surface area (Å²) < 4.78 is 0.632. The summed E-state index contributed by atoms with van der Waals surface area (Å²) >= 11 is 3.18. The maximum absolute atomic E-state index is 12.1. The molecule has 0 unspecified atom stereocenters. The Morgan fingerprint density at radius 2 is 2.11 bits per heavy atom. The summed E-state index contributed by atoms with van der Waals surface area (Å²) in [6, 6.07) is 3.27. The van der Waals surface area contributed by atoms with E-state index in [0.29, 0.717) is 16.7 Å². The molecule has 0 bridgehead atoms. The Labute approximate surface area is 114 Å². The number of aromatic nitrogens is 1. The molecule has 0 saturated heterocycles. The molecule has 98 valence electrons. The molecule has 1 N–H and O–H groups in total. The van der Waals surface area contributed by atoms with Crippen molar-refractivity contribution in [3.63, 3.8) is 0 Å². The zero-order valence-corrected chi connectivity index (χ0v) is 11.8. The summed E-state index contributed by atoms with van der Waals surface area (Å²) in [6.45, 7) is 3.97. The van der Waals surface area contributed by atoms with E-state index in [2.05, 4.69) is 20.9 Å². The first-order chi connectivity index (χ1) is 8.40. The lowest BCUT2D eigenvalue weighted by Crippen LogP contribution is -2.38. The fraction of sp³-hybridized carbons (Fsp3) is 0.417. The summed E-state index contributed by atoms with van der Waals surface area (Å²) in [5.41, 5.74) is 0.389. The molecule has 1 heterocycles. The number of carboxylic acids is 1. The number of hydrogen-bond donors (Lipinski definition) is 1. The van der Waals surface area contributed by atoms with Crippen molar-refractivity contribution in [1.29, 1.82) is 0 Å². The van der Waals surface area contributed by atoms with Crippen molar-refractivity contribution in [2.45, 2.75) is 13.8 Å². The zero-order chi connectivity index (χ0) is 13.7. The monoisotopic (exact) mass is 314 g/mol. The van der Waals surface area contributed by atoms with Crippen LogP contribution in [0.3, 0.4) is 0 Å². The number of carboxylic acid groups (broad SMARTS) is 1. The van der Waals surface area contributed by atoms with Crippen LogP contribution in [0.2, 0.25) is 0 Å². The fourth-order valence-electron chi connectivity index (χ4n) is 1.51. The van der Waals surface area contributed by atoms with Gasteiger partial charge in [-0.3, -0.25) is 9.59 Å². The van der Waals surface area contributed by atoms with E-state index >= 15 is 0 Å². The van der Waals surface area contributed by atoms with Gasteiger partial charge in [-0.05, 0) is 34.0 Å². The Hall–Kier alpha value is -1.43. The van der Waals surface area contributed by atoms with Crippen LogP contribution in [-0.4, -0.2) is 40.0 Å². The predicted octanol–water partition coefficient (Wildman–Crippen LogP) is 2.03. The molecule has 0 saturated carbocycles. The van der Waals surface area contributed by atoms with Crippen LogP contribution in [0.1, 0.15) is 24.2 Å². The van der Waals surface area contributed by atoms with Gasteiger partial charge in [0.25, 0.3) is 5.91 Å². The topological polar surface area (TPSA) is 70.5 Å². The van der Waals surface area contributed by atoms with Crippen molar-refractivity contribution < 1.29 is 14.7 Å². The molecular formula is C12H15BrN2O3. The van der Waals surface area contributed by atoms with Gasteiger partial charge in [0, 0.05) is 12.7 Å². The van der Waals surface area contributed by atoms with Crippen molar-refractivity contribution >= 4 is 27.8 Å². The summed E-state index contributed by atoms with van der Waals surface area (Å²) in [5, 5.41) is 8.82. The second-order valence-electron chi connectivity index (χ2n) is 4.34. The molecule has 1 amide bonds. The van der Waals surface area contributed by atoms with Gasteiger partial charge in [-0.1, -0.05) is 13.8 Å². The summed E-state index contributed by atoms with van der Waals surface area (Å²) in [6.07, 6.45) is 1.43. The normalized spacial score (nSPS) is 10.4. The van der Waals surface area contributed by atoms with Crippen LogP contribution >= 0.6 is 15.9 Å². The van der Waals surface area contributed by atoms with Crippen molar-refractivity contribution in [1.82, 2.24) is 9.88 Å². The van der Waals surface area contributed by atoms with Gasteiger partial charge < -0.3 is 10.0 Å². The van der Waals surface area contributed by atoms with E-state index in [1.54, 1.807) is 12.1 Å². The molecule has 0 aliphatic carbocycles. The number of carbonyl (C=O) groups is 2. The van der Waals surface area contributed by atoms with Gasteiger partial charge in [0.1, 0.15) is 11.1 Å². The molecule has 6 heteroatoms. The first kappa shape index (κ1) is 14.6. The molecule has 0 aliphatic rings. The van der Waals surface area contributed by atoms with Crippen molar-refractivity contribution in [2.75, 3.05) is 13.1 Å². The molecule has 5 nitrogen and oxygen atoms in total. The largest absolute Gasteiger partial charge is 0.480 e. The van der Waals surface area contributed by atoms with Crippen LogP contribution in [0.15, 0.2) is 22.9 Å². The number of halogens is 1. The highest BCUT2D eigenvalue weighted by molar-refractivity contribution is 9.10. The molecule has 0 atom stereocenters. The SMILES string of the molecule is CC(C)CN(CC(=O)O)C(=O)c1ccc(Br)nc1. The second kappa shape index (κ2) is 6.49. The average Bonchev–Trinajstić information content (AvgIpc) is 2.27.